The number of likely N-dealkylation sites (tertiary alicyclic amines) is 1. The van der Waals surface area contributed by atoms with E-state index in [2.05, 4.69) is 45.3 Å². The molecule has 2 saturated heterocycles. The minimum Gasteiger partial charge on any atom is -0.379 e. The Morgan fingerprint density at radius 2 is 2.07 bits per heavy atom. The minimum atomic E-state index is 0. The second-order valence-electron chi connectivity index (χ2n) is 7.77. The zero-order valence-corrected chi connectivity index (χ0v) is 19.4. The summed E-state index contributed by atoms with van der Waals surface area (Å²) in [6, 6.07) is 0.507. The molecule has 1 aromatic heterocycles. The lowest BCUT2D eigenvalue weighted by molar-refractivity contribution is 0.00742. The van der Waals surface area contributed by atoms with Crippen molar-refractivity contribution in [3.05, 3.63) is 18.0 Å². The van der Waals surface area contributed by atoms with E-state index in [0.29, 0.717) is 17.9 Å². The summed E-state index contributed by atoms with van der Waals surface area (Å²) in [6.45, 7) is 11.3. The number of hydrogen-bond acceptors (Lipinski definition) is 4. The van der Waals surface area contributed by atoms with Crippen LogP contribution in [-0.4, -0.2) is 84.6 Å². The summed E-state index contributed by atoms with van der Waals surface area (Å²) in [5, 5.41) is 7.96. The van der Waals surface area contributed by atoms with Gasteiger partial charge in [0.25, 0.3) is 0 Å². The highest BCUT2D eigenvalue weighted by molar-refractivity contribution is 14.0. The molecule has 2 aliphatic heterocycles. The van der Waals surface area contributed by atoms with Gasteiger partial charge >= 0.3 is 0 Å². The predicted octanol–water partition coefficient (Wildman–Crippen LogP) is 1.76. The van der Waals surface area contributed by atoms with E-state index < -0.39 is 0 Å². The molecule has 0 amide bonds. The van der Waals surface area contributed by atoms with Crippen molar-refractivity contribution in [2.24, 2.45) is 18.0 Å². The fourth-order valence-electron chi connectivity index (χ4n) is 4.10. The molecular weight excluding hydrogens is 455 g/mol. The lowest BCUT2D eigenvalue weighted by atomic mass is 10.0. The van der Waals surface area contributed by atoms with Gasteiger partial charge in [-0.1, -0.05) is 13.8 Å². The molecule has 2 unspecified atom stereocenters. The monoisotopic (exact) mass is 490 g/mol. The van der Waals surface area contributed by atoms with E-state index in [1.165, 1.54) is 5.56 Å². The number of nitrogens with one attached hydrogen (secondary N) is 1. The Morgan fingerprint density at radius 1 is 1.33 bits per heavy atom. The molecule has 7 nitrogen and oxygen atoms in total. The molecule has 2 fully saturated rings. The SMILES string of the molecule is CN=C(NCC(C(C)C)N1CCOCC1)N1CCC(c2cnn(C)c2)C1.I. The first-order valence-electron chi connectivity index (χ1n) is 9.84. The third kappa shape index (κ3) is 5.80. The molecular formula is C19H35IN6O. The van der Waals surface area contributed by atoms with Gasteiger partial charge in [-0.25, -0.2) is 0 Å². The van der Waals surface area contributed by atoms with Crippen LogP contribution in [0.3, 0.4) is 0 Å². The maximum absolute atomic E-state index is 5.51. The molecule has 0 aromatic carbocycles. The van der Waals surface area contributed by atoms with Crippen LogP contribution in [0.2, 0.25) is 0 Å². The van der Waals surface area contributed by atoms with E-state index >= 15 is 0 Å². The Morgan fingerprint density at radius 3 is 2.67 bits per heavy atom. The van der Waals surface area contributed by atoms with Crippen LogP contribution in [0.25, 0.3) is 0 Å². The Kier molecular flexibility index (Phi) is 8.81. The number of aliphatic imine (C=N–C) groups is 1. The number of aryl methyl sites for hydroxylation is 1. The van der Waals surface area contributed by atoms with Gasteiger partial charge in [0, 0.05) is 65.0 Å². The fraction of sp³-hybridized carbons (Fsp3) is 0.789. The van der Waals surface area contributed by atoms with Gasteiger partial charge in [-0.05, 0) is 17.9 Å². The van der Waals surface area contributed by atoms with E-state index in [1.807, 2.05) is 25.0 Å². The molecule has 1 N–H and O–H groups in total. The van der Waals surface area contributed by atoms with Gasteiger partial charge in [-0.3, -0.25) is 14.6 Å². The summed E-state index contributed by atoms with van der Waals surface area (Å²) in [5.41, 5.74) is 1.33. The Balaban J connectivity index is 0.00000261. The third-order valence-electron chi connectivity index (χ3n) is 5.65. The minimum absolute atomic E-state index is 0. The van der Waals surface area contributed by atoms with Gasteiger partial charge in [-0.15, -0.1) is 24.0 Å². The highest BCUT2D eigenvalue weighted by Gasteiger charge is 2.28. The molecule has 0 bridgehead atoms. The number of hydrogen-bond donors (Lipinski definition) is 1. The number of nitrogens with zero attached hydrogens (tertiary/aromatic N) is 5. The average molecular weight is 490 g/mol. The summed E-state index contributed by atoms with van der Waals surface area (Å²) in [6.07, 6.45) is 5.29. The van der Waals surface area contributed by atoms with Crippen molar-refractivity contribution in [1.29, 1.82) is 0 Å². The summed E-state index contributed by atoms with van der Waals surface area (Å²) < 4.78 is 7.40. The van der Waals surface area contributed by atoms with Gasteiger partial charge < -0.3 is 15.0 Å². The van der Waals surface area contributed by atoms with Crippen molar-refractivity contribution < 1.29 is 4.74 Å². The first-order chi connectivity index (χ1) is 12.6. The number of ether oxygens (including phenoxy) is 1. The van der Waals surface area contributed by atoms with Gasteiger partial charge in [0.1, 0.15) is 0 Å². The van der Waals surface area contributed by atoms with Crippen LogP contribution in [0.15, 0.2) is 17.4 Å². The average Bonchev–Trinajstić information content (AvgIpc) is 3.28. The molecule has 1 aromatic rings. The molecule has 0 saturated carbocycles. The summed E-state index contributed by atoms with van der Waals surface area (Å²) in [4.78, 5) is 9.48. The van der Waals surface area contributed by atoms with Crippen molar-refractivity contribution in [3.63, 3.8) is 0 Å². The summed E-state index contributed by atoms with van der Waals surface area (Å²) >= 11 is 0. The number of rotatable bonds is 5. The topological polar surface area (TPSA) is 57.9 Å². The van der Waals surface area contributed by atoms with Crippen molar-refractivity contribution >= 4 is 29.9 Å². The van der Waals surface area contributed by atoms with Crippen LogP contribution >= 0.6 is 24.0 Å². The van der Waals surface area contributed by atoms with Gasteiger partial charge in [0.15, 0.2) is 5.96 Å². The number of morpholine rings is 1. The molecule has 8 heteroatoms. The number of halogens is 1. The van der Waals surface area contributed by atoms with Crippen molar-refractivity contribution in [2.45, 2.75) is 32.2 Å². The summed E-state index contributed by atoms with van der Waals surface area (Å²) in [5.74, 6) is 2.16. The largest absolute Gasteiger partial charge is 0.379 e. The second kappa shape index (κ2) is 10.6. The van der Waals surface area contributed by atoms with Crippen LogP contribution in [-0.2, 0) is 11.8 Å². The first-order valence-corrected chi connectivity index (χ1v) is 9.84. The molecule has 154 valence electrons. The van der Waals surface area contributed by atoms with E-state index in [4.69, 9.17) is 4.74 Å². The second-order valence-corrected chi connectivity index (χ2v) is 7.77. The smallest absolute Gasteiger partial charge is 0.193 e. The van der Waals surface area contributed by atoms with E-state index in [-0.39, 0.29) is 24.0 Å². The Hall–Kier alpha value is -0.870. The standard InChI is InChI=1S/C19H34N6O.HI/c1-15(2)18(24-7-9-26-10-8-24)12-21-19(20-3)25-6-5-16(14-25)17-11-22-23(4)13-17;/h11,13,15-16,18H,5-10,12,14H2,1-4H3,(H,20,21);1H. The van der Waals surface area contributed by atoms with Crippen molar-refractivity contribution in [3.8, 4) is 0 Å². The van der Waals surface area contributed by atoms with Crippen molar-refractivity contribution in [2.75, 3.05) is 53.0 Å². The predicted molar refractivity (Wildman–Crippen MR) is 120 cm³/mol. The Labute approximate surface area is 180 Å². The molecule has 3 heterocycles. The van der Waals surface area contributed by atoms with Crippen LogP contribution in [0.5, 0.6) is 0 Å². The quantitative estimate of drug-likeness (QED) is 0.388. The maximum atomic E-state index is 5.51. The molecule has 3 rings (SSSR count). The number of guanidine groups is 1. The highest BCUT2D eigenvalue weighted by Crippen LogP contribution is 2.26. The molecule has 27 heavy (non-hydrogen) atoms. The normalized spacial score (nSPS) is 22.8. The van der Waals surface area contributed by atoms with Crippen LogP contribution < -0.4 is 5.32 Å². The zero-order chi connectivity index (χ0) is 18.5. The van der Waals surface area contributed by atoms with E-state index in [0.717, 1.165) is 58.3 Å². The summed E-state index contributed by atoms with van der Waals surface area (Å²) in [7, 11) is 3.87. The van der Waals surface area contributed by atoms with Crippen LogP contribution in [0, 0.1) is 5.92 Å². The zero-order valence-electron chi connectivity index (χ0n) is 17.1. The van der Waals surface area contributed by atoms with Crippen LogP contribution in [0.1, 0.15) is 31.7 Å². The molecule has 2 atom stereocenters. The van der Waals surface area contributed by atoms with Crippen molar-refractivity contribution in [1.82, 2.24) is 24.9 Å². The van der Waals surface area contributed by atoms with Gasteiger partial charge in [-0.2, -0.15) is 5.10 Å². The number of aromatic nitrogens is 2. The van der Waals surface area contributed by atoms with Gasteiger partial charge in [0.2, 0.25) is 0 Å². The van der Waals surface area contributed by atoms with E-state index in [1.54, 1.807) is 0 Å². The van der Waals surface area contributed by atoms with E-state index in [9.17, 15) is 0 Å². The maximum Gasteiger partial charge on any atom is 0.193 e. The highest BCUT2D eigenvalue weighted by atomic mass is 127. The molecule has 2 aliphatic rings. The lowest BCUT2D eigenvalue weighted by Gasteiger charge is -2.37. The Bertz CT molecular complexity index is 599. The van der Waals surface area contributed by atoms with Gasteiger partial charge in [0.05, 0.1) is 19.4 Å². The first kappa shape index (κ1) is 22.4. The van der Waals surface area contributed by atoms with Crippen LogP contribution in [0.4, 0.5) is 0 Å². The molecule has 0 radical (unpaired) electrons. The molecule has 0 spiro atoms. The fourth-order valence-corrected chi connectivity index (χ4v) is 4.10. The lowest BCUT2D eigenvalue weighted by Crippen LogP contribution is -2.53. The third-order valence-corrected chi connectivity index (χ3v) is 5.65. The molecule has 0 aliphatic carbocycles.